The van der Waals surface area contributed by atoms with Gasteiger partial charge in [0.25, 0.3) is 5.91 Å². The highest BCUT2D eigenvalue weighted by atomic mass is 35.5. The molecule has 3 rings (SSSR count). The maximum Gasteiger partial charge on any atom is 0.275 e. The minimum absolute atomic E-state index is 0.0916. The summed E-state index contributed by atoms with van der Waals surface area (Å²) in [5.74, 6) is -0.210. The summed E-state index contributed by atoms with van der Waals surface area (Å²) >= 11 is 6.12. The first-order valence-electron chi connectivity index (χ1n) is 9.02. The first-order valence-corrected chi connectivity index (χ1v) is 9.39. The Labute approximate surface area is 158 Å². The summed E-state index contributed by atoms with van der Waals surface area (Å²) in [4.78, 5) is 14.9. The number of amides is 1. The predicted octanol–water partition coefficient (Wildman–Crippen LogP) is 0.0789. The Bertz CT molecular complexity index is 733. The zero-order valence-electron chi connectivity index (χ0n) is 14.7. The number of carbonyl (C=O) groups excluding carboxylic acids is 1. The third-order valence-electron chi connectivity index (χ3n) is 4.86. The third kappa shape index (κ3) is 5.53. The normalized spacial score (nSPS) is 19.9. The zero-order valence-corrected chi connectivity index (χ0v) is 15.5. The van der Waals surface area contributed by atoms with Crippen molar-refractivity contribution in [2.45, 2.75) is 13.1 Å². The second-order valence-electron chi connectivity index (χ2n) is 6.85. The molecule has 0 radical (unpaired) electrons. The van der Waals surface area contributed by atoms with Crippen molar-refractivity contribution in [3.05, 3.63) is 70.5 Å². The van der Waals surface area contributed by atoms with Gasteiger partial charge in [0, 0.05) is 12.1 Å². The Hall–Kier alpha value is -1.95. The number of benzene rings is 2. The number of halogens is 2. The van der Waals surface area contributed by atoms with E-state index in [2.05, 4.69) is 5.32 Å². The number of rotatable bonds is 6. The van der Waals surface area contributed by atoms with E-state index in [1.54, 1.807) is 6.07 Å². The smallest absolute Gasteiger partial charge is 0.275 e. The number of piperazine rings is 1. The van der Waals surface area contributed by atoms with E-state index in [0.29, 0.717) is 18.1 Å². The molecule has 0 aliphatic carbocycles. The number of hydrogen-bond acceptors (Lipinski definition) is 1. The third-order valence-corrected chi connectivity index (χ3v) is 5.21. The van der Waals surface area contributed by atoms with Crippen molar-refractivity contribution in [3.8, 4) is 0 Å². The summed E-state index contributed by atoms with van der Waals surface area (Å²) in [5, 5.41) is 3.48. The summed E-state index contributed by atoms with van der Waals surface area (Å²) in [6.07, 6.45) is 0. The standard InChI is InChI=1S/C20H23ClFN3O/c21-19-12-18(22)7-6-17(19)14-24-8-10-25(11-9-24)15-20(26)23-13-16-4-2-1-3-5-16/h1-7,12H,8-11,13-15H2,(H,23,26)/p+2. The van der Waals surface area contributed by atoms with E-state index in [0.717, 1.165) is 43.9 Å². The first-order chi connectivity index (χ1) is 12.6. The van der Waals surface area contributed by atoms with Crippen molar-refractivity contribution in [3.63, 3.8) is 0 Å². The average Bonchev–Trinajstić information content (AvgIpc) is 2.65. The number of hydrogen-bond donors (Lipinski definition) is 3. The van der Waals surface area contributed by atoms with Crippen LogP contribution in [0.2, 0.25) is 5.02 Å². The second kappa shape index (κ2) is 9.12. The van der Waals surface area contributed by atoms with E-state index in [-0.39, 0.29) is 11.7 Å². The highest BCUT2D eigenvalue weighted by molar-refractivity contribution is 6.31. The van der Waals surface area contributed by atoms with Gasteiger partial charge in [0.15, 0.2) is 6.54 Å². The van der Waals surface area contributed by atoms with Crippen molar-refractivity contribution < 1.29 is 19.0 Å². The van der Waals surface area contributed by atoms with Crippen molar-refractivity contribution in [1.82, 2.24) is 5.32 Å². The second-order valence-corrected chi connectivity index (χ2v) is 7.26. The van der Waals surface area contributed by atoms with Gasteiger partial charge in [-0.2, -0.15) is 0 Å². The molecule has 0 unspecified atom stereocenters. The topological polar surface area (TPSA) is 38.0 Å². The lowest BCUT2D eigenvalue weighted by Crippen LogP contribution is -3.28. The average molecular weight is 378 g/mol. The molecule has 1 saturated heterocycles. The van der Waals surface area contributed by atoms with E-state index < -0.39 is 0 Å². The van der Waals surface area contributed by atoms with Gasteiger partial charge in [-0.1, -0.05) is 41.9 Å². The summed E-state index contributed by atoms with van der Waals surface area (Å²) in [6.45, 7) is 5.75. The molecule has 0 spiro atoms. The Morgan fingerprint density at radius 1 is 1.04 bits per heavy atom. The fourth-order valence-electron chi connectivity index (χ4n) is 3.33. The summed E-state index contributed by atoms with van der Waals surface area (Å²) in [6, 6.07) is 14.5. The molecular weight excluding hydrogens is 353 g/mol. The maximum absolute atomic E-state index is 13.1. The van der Waals surface area contributed by atoms with Crippen LogP contribution in [0.1, 0.15) is 11.1 Å². The molecule has 4 nitrogen and oxygen atoms in total. The van der Waals surface area contributed by atoms with Crippen molar-refractivity contribution in [1.29, 1.82) is 0 Å². The van der Waals surface area contributed by atoms with Gasteiger partial charge in [-0.25, -0.2) is 4.39 Å². The molecule has 0 bridgehead atoms. The van der Waals surface area contributed by atoms with Crippen LogP contribution in [0.4, 0.5) is 4.39 Å². The summed E-state index contributed by atoms with van der Waals surface area (Å²) in [7, 11) is 0. The van der Waals surface area contributed by atoms with Crippen molar-refractivity contribution >= 4 is 17.5 Å². The van der Waals surface area contributed by atoms with Gasteiger partial charge in [0.05, 0.1) is 5.02 Å². The SMILES string of the molecule is O=C(C[NH+]1CC[NH+](Cc2ccc(F)cc2Cl)CC1)NCc1ccccc1. The molecule has 1 heterocycles. The van der Waals surface area contributed by atoms with Gasteiger partial charge in [-0.15, -0.1) is 0 Å². The lowest BCUT2D eigenvalue weighted by atomic mass is 10.2. The Morgan fingerprint density at radius 2 is 1.73 bits per heavy atom. The fourth-order valence-corrected chi connectivity index (χ4v) is 3.57. The molecule has 6 heteroatoms. The molecule has 3 N–H and O–H groups in total. The highest BCUT2D eigenvalue weighted by Crippen LogP contribution is 2.16. The Kier molecular flexibility index (Phi) is 6.61. The van der Waals surface area contributed by atoms with Crippen LogP contribution in [0, 0.1) is 5.82 Å². The van der Waals surface area contributed by atoms with E-state index in [4.69, 9.17) is 11.6 Å². The number of quaternary nitrogens is 2. The van der Waals surface area contributed by atoms with Crippen LogP contribution in [0.5, 0.6) is 0 Å². The van der Waals surface area contributed by atoms with E-state index in [1.165, 1.54) is 21.9 Å². The van der Waals surface area contributed by atoms with Crippen LogP contribution < -0.4 is 15.1 Å². The van der Waals surface area contributed by atoms with Crippen LogP contribution >= 0.6 is 11.6 Å². The highest BCUT2D eigenvalue weighted by Gasteiger charge is 2.25. The first kappa shape index (κ1) is 18.8. The molecule has 0 saturated carbocycles. The molecule has 138 valence electrons. The fraction of sp³-hybridized carbons (Fsp3) is 0.350. The van der Waals surface area contributed by atoms with Gasteiger partial charge in [-0.3, -0.25) is 4.79 Å². The van der Waals surface area contributed by atoms with E-state index in [9.17, 15) is 9.18 Å². The van der Waals surface area contributed by atoms with Gasteiger partial charge in [0.2, 0.25) is 0 Å². The van der Waals surface area contributed by atoms with E-state index >= 15 is 0 Å². The summed E-state index contributed by atoms with van der Waals surface area (Å²) < 4.78 is 13.1. The maximum atomic E-state index is 13.1. The predicted molar refractivity (Wildman–Crippen MR) is 99.7 cm³/mol. The lowest BCUT2D eigenvalue weighted by molar-refractivity contribution is -1.02. The van der Waals surface area contributed by atoms with Crippen molar-refractivity contribution in [2.24, 2.45) is 0 Å². The summed E-state index contributed by atoms with van der Waals surface area (Å²) in [5.41, 5.74) is 2.09. The van der Waals surface area contributed by atoms with E-state index in [1.807, 2.05) is 30.3 Å². The molecule has 1 fully saturated rings. The molecule has 1 aliphatic rings. The van der Waals surface area contributed by atoms with Gasteiger partial charge >= 0.3 is 0 Å². The van der Waals surface area contributed by atoms with Crippen LogP contribution in [0.3, 0.4) is 0 Å². The van der Waals surface area contributed by atoms with Crippen LogP contribution in [0.15, 0.2) is 48.5 Å². The minimum Gasteiger partial charge on any atom is -0.347 e. The molecule has 26 heavy (non-hydrogen) atoms. The molecule has 1 amide bonds. The number of carbonyl (C=O) groups is 1. The zero-order chi connectivity index (χ0) is 18.4. The Morgan fingerprint density at radius 3 is 2.42 bits per heavy atom. The molecule has 2 aromatic carbocycles. The van der Waals surface area contributed by atoms with Crippen LogP contribution in [-0.4, -0.2) is 38.6 Å². The Balaban J connectivity index is 1.40. The quantitative estimate of drug-likeness (QED) is 0.655. The molecule has 0 atom stereocenters. The van der Waals surface area contributed by atoms with Crippen molar-refractivity contribution in [2.75, 3.05) is 32.7 Å². The molecule has 2 aromatic rings. The van der Waals surface area contributed by atoms with Crippen LogP contribution in [0.25, 0.3) is 0 Å². The molecule has 0 aromatic heterocycles. The van der Waals surface area contributed by atoms with Gasteiger partial charge in [0.1, 0.15) is 38.5 Å². The van der Waals surface area contributed by atoms with Gasteiger partial charge < -0.3 is 15.1 Å². The van der Waals surface area contributed by atoms with Crippen LogP contribution in [-0.2, 0) is 17.9 Å². The molecule has 1 aliphatic heterocycles. The molecular formula is C20H25ClFN3O+2. The number of nitrogens with one attached hydrogen (secondary N) is 3. The minimum atomic E-state index is -0.301. The van der Waals surface area contributed by atoms with Gasteiger partial charge in [-0.05, 0) is 23.8 Å². The largest absolute Gasteiger partial charge is 0.347 e. The monoisotopic (exact) mass is 377 g/mol. The lowest BCUT2D eigenvalue weighted by Gasteiger charge is -2.29.